The Morgan fingerprint density at radius 2 is 1.91 bits per heavy atom. The highest BCUT2D eigenvalue weighted by Crippen LogP contribution is 1.85. The van der Waals surface area contributed by atoms with Crippen molar-refractivity contribution in [3.05, 3.63) is 12.2 Å². The molecule has 0 radical (unpaired) electrons. The summed E-state index contributed by atoms with van der Waals surface area (Å²) in [6, 6.07) is 0. The normalized spacial score (nSPS) is 7.00. The molecule has 0 aliphatic heterocycles. The summed E-state index contributed by atoms with van der Waals surface area (Å²) >= 11 is 0. The molecule has 0 atom stereocenters. The number of carbonyl (C=O) groups is 3. The lowest BCUT2D eigenvalue weighted by Gasteiger charge is -1.78. The van der Waals surface area contributed by atoms with Crippen molar-refractivity contribution in [1.29, 1.82) is 0 Å². The summed E-state index contributed by atoms with van der Waals surface area (Å²) in [5.74, 6) is -0.833. The number of allylic oxidation sites excluding steroid dienone is 1. The second kappa shape index (κ2) is 8.55. The van der Waals surface area contributed by atoms with Gasteiger partial charge in [-0.15, -0.1) is 0 Å². The van der Waals surface area contributed by atoms with Crippen molar-refractivity contribution in [2.75, 3.05) is 0 Å². The molecule has 0 aliphatic rings. The van der Waals surface area contributed by atoms with Crippen LogP contribution >= 0.6 is 0 Å². The van der Waals surface area contributed by atoms with Gasteiger partial charge in [-0.3, -0.25) is 9.59 Å². The molecule has 0 amide bonds. The maximum Gasteiger partial charge on any atom is 0.300 e. The van der Waals surface area contributed by atoms with Crippen molar-refractivity contribution in [3.63, 3.8) is 0 Å². The first-order valence-electron chi connectivity index (χ1n) is 2.80. The Bertz CT molecular complexity index is 156. The number of hydrogen-bond acceptors (Lipinski definition) is 3. The third-order valence-corrected chi connectivity index (χ3v) is 0.512. The lowest BCUT2D eigenvalue weighted by Crippen LogP contribution is -1.80. The molecule has 0 saturated heterocycles. The topological polar surface area (TPSA) is 71.4 Å². The Balaban J connectivity index is 0. The van der Waals surface area contributed by atoms with Gasteiger partial charge >= 0.3 is 0 Å². The van der Waals surface area contributed by atoms with Crippen LogP contribution in [-0.4, -0.2) is 23.6 Å². The van der Waals surface area contributed by atoms with E-state index in [2.05, 4.69) is 6.58 Å². The van der Waals surface area contributed by atoms with Crippen molar-refractivity contribution >= 4 is 18.5 Å². The average Bonchev–Trinajstić information content (AvgIpc) is 1.87. The molecule has 0 rings (SSSR count). The van der Waals surface area contributed by atoms with Gasteiger partial charge in [0.15, 0.2) is 0 Å². The predicted molar refractivity (Wildman–Crippen MR) is 39.2 cm³/mol. The first kappa shape index (κ1) is 12.2. The molecule has 0 heterocycles. The van der Waals surface area contributed by atoms with Crippen molar-refractivity contribution in [2.24, 2.45) is 0 Å². The third-order valence-electron chi connectivity index (χ3n) is 0.512. The summed E-state index contributed by atoms with van der Waals surface area (Å²) < 4.78 is 0. The number of hydrogen-bond donors (Lipinski definition) is 1. The van der Waals surface area contributed by atoms with Crippen LogP contribution < -0.4 is 0 Å². The van der Waals surface area contributed by atoms with Gasteiger partial charge in [0.1, 0.15) is 12.6 Å². The van der Waals surface area contributed by atoms with Gasteiger partial charge < -0.3 is 9.90 Å². The van der Waals surface area contributed by atoms with E-state index in [1.807, 2.05) is 0 Å². The molecule has 0 saturated carbocycles. The van der Waals surface area contributed by atoms with Crippen molar-refractivity contribution in [3.8, 4) is 0 Å². The van der Waals surface area contributed by atoms with E-state index in [1.165, 1.54) is 0 Å². The number of carboxylic acids is 1. The Morgan fingerprint density at radius 1 is 1.55 bits per heavy atom. The number of aliphatic carboxylic acids is 1. The van der Waals surface area contributed by atoms with E-state index in [-0.39, 0.29) is 6.42 Å². The Hall–Kier alpha value is -1.45. The number of carboxylic acid groups (broad SMARTS) is 1. The fourth-order valence-electron chi connectivity index (χ4n) is 0.155. The van der Waals surface area contributed by atoms with Crippen LogP contribution in [-0.2, 0) is 14.4 Å². The van der Waals surface area contributed by atoms with Gasteiger partial charge in [0.25, 0.3) is 5.97 Å². The van der Waals surface area contributed by atoms with E-state index < -0.39 is 5.97 Å². The summed E-state index contributed by atoms with van der Waals surface area (Å²) in [5.41, 5.74) is 0.329. The van der Waals surface area contributed by atoms with E-state index in [0.717, 1.165) is 6.92 Å². The van der Waals surface area contributed by atoms with Crippen LogP contribution in [0, 0.1) is 0 Å². The van der Waals surface area contributed by atoms with Crippen LogP contribution in [0.1, 0.15) is 13.3 Å². The molecule has 0 aliphatic carbocycles. The zero-order valence-electron chi connectivity index (χ0n) is 6.24. The van der Waals surface area contributed by atoms with Gasteiger partial charge in [0, 0.05) is 13.3 Å². The largest absolute Gasteiger partial charge is 0.481 e. The molecule has 0 aromatic heterocycles. The molecule has 0 aromatic rings. The minimum Gasteiger partial charge on any atom is -0.481 e. The van der Waals surface area contributed by atoms with Crippen molar-refractivity contribution in [2.45, 2.75) is 13.3 Å². The van der Waals surface area contributed by atoms with Crippen LogP contribution in [0.5, 0.6) is 0 Å². The van der Waals surface area contributed by atoms with Crippen molar-refractivity contribution < 1.29 is 19.5 Å². The molecule has 4 heteroatoms. The summed E-state index contributed by atoms with van der Waals surface area (Å²) in [6.07, 6.45) is 1.38. The SMILES string of the molecule is C=C(C=O)CC=O.CC(=O)O. The molecule has 0 bridgehead atoms. The minimum atomic E-state index is -0.833. The summed E-state index contributed by atoms with van der Waals surface area (Å²) in [4.78, 5) is 28.2. The Labute approximate surface area is 64.5 Å². The van der Waals surface area contributed by atoms with Crippen LogP contribution in [0.4, 0.5) is 0 Å². The van der Waals surface area contributed by atoms with Crippen LogP contribution in [0.15, 0.2) is 12.2 Å². The smallest absolute Gasteiger partial charge is 0.300 e. The summed E-state index contributed by atoms with van der Waals surface area (Å²) in [7, 11) is 0. The van der Waals surface area contributed by atoms with E-state index in [0.29, 0.717) is 18.1 Å². The highest BCUT2D eigenvalue weighted by molar-refractivity contribution is 5.77. The Kier molecular flexibility index (Phi) is 9.52. The fraction of sp³-hybridized carbons (Fsp3) is 0.286. The molecule has 4 nitrogen and oxygen atoms in total. The lowest BCUT2D eigenvalue weighted by molar-refractivity contribution is -0.134. The van der Waals surface area contributed by atoms with Gasteiger partial charge in [-0.1, -0.05) is 6.58 Å². The van der Waals surface area contributed by atoms with Gasteiger partial charge in [-0.25, -0.2) is 0 Å². The van der Waals surface area contributed by atoms with Crippen LogP contribution in [0.25, 0.3) is 0 Å². The molecule has 62 valence electrons. The number of rotatable bonds is 3. The predicted octanol–water partition coefficient (Wildman–Crippen LogP) is 0.421. The average molecular weight is 158 g/mol. The molecule has 0 fully saturated rings. The highest BCUT2D eigenvalue weighted by atomic mass is 16.4. The van der Waals surface area contributed by atoms with Crippen LogP contribution in [0.2, 0.25) is 0 Å². The fourth-order valence-corrected chi connectivity index (χ4v) is 0.155. The molecular formula is C7H10O4. The minimum absolute atomic E-state index is 0.156. The quantitative estimate of drug-likeness (QED) is 0.477. The van der Waals surface area contributed by atoms with Crippen molar-refractivity contribution in [1.82, 2.24) is 0 Å². The highest BCUT2D eigenvalue weighted by Gasteiger charge is 1.83. The monoisotopic (exact) mass is 158 g/mol. The second-order valence-electron chi connectivity index (χ2n) is 1.67. The molecule has 11 heavy (non-hydrogen) atoms. The number of aldehydes is 2. The maximum atomic E-state index is 9.64. The molecule has 0 spiro atoms. The lowest BCUT2D eigenvalue weighted by atomic mass is 10.3. The standard InChI is InChI=1S/C5H6O2.C2H4O2/c1-5(4-7)2-3-6;1-2(3)4/h3-4H,1-2H2;1H3,(H,3,4). The summed E-state index contributed by atoms with van der Waals surface area (Å²) in [5, 5.41) is 7.42. The first-order chi connectivity index (χ1) is 5.04. The van der Waals surface area contributed by atoms with Gasteiger partial charge in [-0.2, -0.15) is 0 Å². The zero-order chi connectivity index (χ0) is 9.28. The van der Waals surface area contributed by atoms with E-state index in [1.54, 1.807) is 0 Å². The third kappa shape index (κ3) is 29.1. The molecule has 1 N–H and O–H groups in total. The zero-order valence-corrected chi connectivity index (χ0v) is 6.24. The molecule has 0 unspecified atom stereocenters. The maximum absolute atomic E-state index is 9.64. The van der Waals surface area contributed by atoms with Gasteiger partial charge in [0.2, 0.25) is 0 Å². The number of carbonyl (C=O) groups excluding carboxylic acids is 2. The first-order valence-corrected chi connectivity index (χ1v) is 2.80. The molecule has 0 aromatic carbocycles. The molecular weight excluding hydrogens is 148 g/mol. The van der Waals surface area contributed by atoms with E-state index >= 15 is 0 Å². The second-order valence-corrected chi connectivity index (χ2v) is 1.67. The summed E-state index contributed by atoms with van der Waals surface area (Å²) in [6.45, 7) is 4.35. The van der Waals surface area contributed by atoms with E-state index in [9.17, 15) is 9.59 Å². The van der Waals surface area contributed by atoms with Crippen LogP contribution in [0.3, 0.4) is 0 Å². The van der Waals surface area contributed by atoms with Gasteiger partial charge in [0.05, 0.1) is 0 Å². The Morgan fingerprint density at radius 3 is 2.00 bits per heavy atom. The van der Waals surface area contributed by atoms with Gasteiger partial charge in [-0.05, 0) is 5.57 Å². The van der Waals surface area contributed by atoms with E-state index in [4.69, 9.17) is 9.90 Å².